The summed E-state index contributed by atoms with van der Waals surface area (Å²) in [7, 11) is 0. The van der Waals surface area contributed by atoms with E-state index >= 15 is 0 Å². The molecule has 1 aromatic heterocycles. The van der Waals surface area contributed by atoms with Gasteiger partial charge < -0.3 is 26.0 Å². The van der Waals surface area contributed by atoms with Crippen molar-refractivity contribution in [3.8, 4) is 6.07 Å². The van der Waals surface area contributed by atoms with E-state index in [1.165, 1.54) is 6.20 Å². The minimum atomic E-state index is -0.641. The van der Waals surface area contributed by atoms with Crippen molar-refractivity contribution in [1.82, 2.24) is 25.9 Å². The first-order valence-electron chi connectivity index (χ1n) is 8.08. The van der Waals surface area contributed by atoms with Crippen LogP contribution in [0.5, 0.6) is 0 Å². The first-order valence-corrected chi connectivity index (χ1v) is 8.08. The Labute approximate surface area is 152 Å². The van der Waals surface area contributed by atoms with Crippen LogP contribution in [0, 0.1) is 11.3 Å². The van der Waals surface area contributed by atoms with Crippen molar-refractivity contribution in [3.05, 3.63) is 41.5 Å². The van der Waals surface area contributed by atoms with Gasteiger partial charge in [0.25, 0.3) is 5.91 Å². The molecular weight excluding hydrogens is 336 g/mol. The van der Waals surface area contributed by atoms with Gasteiger partial charge in [-0.3, -0.25) is 4.79 Å². The molecule has 5 N–H and O–H groups in total. The molecule has 0 saturated carbocycles. The fourth-order valence-corrected chi connectivity index (χ4v) is 2.15. The number of aromatic amines is 1. The van der Waals surface area contributed by atoms with Crippen LogP contribution >= 0.6 is 0 Å². The van der Waals surface area contributed by atoms with Crippen LogP contribution in [0.4, 0.5) is 4.79 Å². The summed E-state index contributed by atoms with van der Waals surface area (Å²) in [5, 5.41) is 25.4. The molecule has 1 rings (SSSR count). The van der Waals surface area contributed by atoms with Crippen molar-refractivity contribution in [2.75, 3.05) is 19.7 Å². The second kappa shape index (κ2) is 10.0. The van der Waals surface area contributed by atoms with Crippen LogP contribution in [-0.2, 0) is 0 Å². The summed E-state index contributed by atoms with van der Waals surface area (Å²) in [5.74, 6) is -0.345. The number of carbonyl (C=O) groups is 2. The van der Waals surface area contributed by atoms with E-state index in [9.17, 15) is 9.59 Å². The quantitative estimate of drug-likeness (QED) is 0.431. The number of carbonyl (C=O) groups excluding carboxylic acids is 2. The molecule has 0 fully saturated rings. The molecule has 0 radical (unpaired) electrons. The zero-order chi connectivity index (χ0) is 19.6. The summed E-state index contributed by atoms with van der Waals surface area (Å²) in [6, 6.07) is 1.46. The lowest BCUT2D eigenvalue weighted by Gasteiger charge is -2.28. The van der Waals surface area contributed by atoms with Crippen molar-refractivity contribution in [1.29, 1.82) is 5.26 Å². The first kappa shape index (κ1) is 20.9. The highest BCUT2D eigenvalue weighted by Gasteiger charge is 2.23. The van der Waals surface area contributed by atoms with Crippen molar-refractivity contribution in [3.63, 3.8) is 0 Å². The lowest BCUT2D eigenvalue weighted by Crippen LogP contribution is -2.49. The fourth-order valence-electron chi connectivity index (χ4n) is 2.15. The van der Waals surface area contributed by atoms with Gasteiger partial charge in [0.2, 0.25) is 0 Å². The molecule has 0 aliphatic heterocycles. The fraction of sp³-hybridized carbons (Fsp3) is 0.412. The molecule has 140 valence electrons. The molecule has 9 heteroatoms. The number of nitrogens with one attached hydrogen (secondary N) is 4. The molecule has 1 heterocycles. The maximum absolute atomic E-state index is 11.9. The minimum Gasteiger partial charge on any atom is -0.395 e. The van der Waals surface area contributed by atoms with Gasteiger partial charge in [-0.2, -0.15) is 5.26 Å². The van der Waals surface area contributed by atoms with E-state index in [0.717, 1.165) is 5.57 Å². The molecule has 9 nitrogen and oxygen atoms in total. The smallest absolute Gasteiger partial charge is 0.315 e. The van der Waals surface area contributed by atoms with E-state index in [-0.39, 0.29) is 37.2 Å². The van der Waals surface area contributed by atoms with Gasteiger partial charge in [0.15, 0.2) is 11.5 Å². The van der Waals surface area contributed by atoms with E-state index in [2.05, 4.69) is 25.9 Å². The van der Waals surface area contributed by atoms with Crippen LogP contribution in [0.1, 0.15) is 37.1 Å². The topological polar surface area (TPSA) is 143 Å². The molecule has 0 aliphatic carbocycles. The number of urea groups is 1. The number of hydrogen-bond donors (Lipinski definition) is 5. The van der Waals surface area contributed by atoms with E-state index in [4.69, 9.17) is 10.4 Å². The largest absolute Gasteiger partial charge is 0.395 e. The van der Waals surface area contributed by atoms with Gasteiger partial charge >= 0.3 is 6.03 Å². The molecule has 1 aromatic rings. The number of allylic oxidation sites excluding steroid dienone is 1. The Bertz CT molecular complexity index is 727. The summed E-state index contributed by atoms with van der Waals surface area (Å²) < 4.78 is 0. The van der Waals surface area contributed by atoms with E-state index in [0.29, 0.717) is 0 Å². The number of nitriles is 1. The van der Waals surface area contributed by atoms with Crippen molar-refractivity contribution in [2.45, 2.75) is 26.3 Å². The molecule has 0 aromatic carbocycles. The Balaban J connectivity index is 2.57. The predicted octanol–water partition coefficient (Wildman–Crippen LogP) is 0.584. The van der Waals surface area contributed by atoms with Crippen LogP contribution in [0.2, 0.25) is 0 Å². The van der Waals surface area contributed by atoms with Crippen molar-refractivity contribution < 1.29 is 14.7 Å². The van der Waals surface area contributed by atoms with Crippen LogP contribution in [0.3, 0.4) is 0 Å². The number of rotatable bonds is 8. The van der Waals surface area contributed by atoms with Gasteiger partial charge in [-0.05, 0) is 26.3 Å². The number of aliphatic hydroxyl groups is 1. The Morgan fingerprint density at radius 2 is 2.15 bits per heavy atom. The van der Waals surface area contributed by atoms with Gasteiger partial charge in [0, 0.05) is 19.3 Å². The van der Waals surface area contributed by atoms with Crippen molar-refractivity contribution >= 4 is 11.9 Å². The lowest BCUT2D eigenvalue weighted by molar-refractivity contribution is 0.0948. The monoisotopic (exact) mass is 360 g/mol. The average Bonchev–Trinajstić information content (AvgIpc) is 3.08. The first-order chi connectivity index (χ1) is 12.3. The minimum absolute atomic E-state index is 0.0729. The highest BCUT2D eigenvalue weighted by molar-refractivity contribution is 5.90. The number of aromatic nitrogens is 2. The van der Waals surface area contributed by atoms with Gasteiger partial charge in [-0.15, -0.1) is 0 Å². The zero-order valence-corrected chi connectivity index (χ0v) is 15.1. The lowest BCUT2D eigenvalue weighted by atomic mass is 9.93. The standard InChI is InChI=1S/C17H24N6O3/c1-4-12(17(2,3)23-16(26)20-8-9-24)6-5-7-19-15(25)14-21-11-13(10-18)22-14/h4-6,11,24H,7-9H2,1-3H3,(H,19,25)(H,21,22)(H2,20,23,26)/b6-5-,12-4+. The van der Waals surface area contributed by atoms with Gasteiger partial charge in [0.1, 0.15) is 6.07 Å². The maximum atomic E-state index is 11.9. The van der Waals surface area contributed by atoms with Gasteiger partial charge in [-0.1, -0.05) is 18.2 Å². The summed E-state index contributed by atoms with van der Waals surface area (Å²) in [4.78, 5) is 30.1. The number of aliphatic hydroxyl groups excluding tert-OH is 1. The summed E-state index contributed by atoms with van der Waals surface area (Å²) >= 11 is 0. The Morgan fingerprint density at radius 3 is 2.73 bits per heavy atom. The number of imidazole rings is 1. The zero-order valence-electron chi connectivity index (χ0n) is 15.1. The van der Waals surface area contributed by atoms with E-state index in [1.54, 1.807) is 12.2 Å². The molecule has 0 spiro atoms. The van der Waals surface area contributed by atoms with Gasteiger partial charge in [-0.25, -0.2) is 9.78 Å². The normalized spacial score (nSPS) is 11.9. The molecule has 0 aliphatic rings. The molecule has 3 amide bonds. The Morgan fingerprint density at radius 1 is 1.42 bits per heavy atom. The second-order valence-corrected chi connectivity index (χ2v) is 5.83. The van der Waals surface area contributed by atoms with Crippen LogP contribution in [0.25, 0.3) is 0 Å². The third kappa shape index (κ3) is 6.41. The third-order valence-corrected chi connectivity index (χ3v) is 3.44. The van der Waals surface area contributed by atoms with E-state index in [1.807, 2.05) is 32.9 Å². The molecule has 0 bridgehead atoms. The number of amides is 3. The SMILES string of the molecule is C/C=C(\C=C/CNC(=O)c1nc(C#N)c[nH]1)C(C)(C)NC(=O)NCCO. The Hall–Kier alpha value is -3.12. The predicted molar refractivity (Wildman–Crippen MR) is 96.2 cm³/mol. The number of H-pyrrole nitrogens is 1. The molecule has 0 unspecified atom stereocenters. The Kier molecular flexibility index (Phi) is 8.05. The molecule has 26 heavy (non-hydrogen) atoms. The number of nitrogens with zero attached hydrogens (tertiary/aromatic N) is 2. The van der Waals surface area contributed by atoms with Crippen LogP contribution in [0.15, 0.2) is 30.0 Å². The van der Waals surface area contributed by atoms with E-state index < -0.39 is 11.4 Å². The summed E-state index contributed by atoms with van der Waals surface area (Å²) in [5.41, 5.74) is 0.349. The second-order valence-electron chi connectivity index (χ2n) is 5.83. The highest BCUT2D eigenvalue weighted by atomic mass is 16.3. The third-order valence-electron chi connectivity index (χ3n) is 3.44. The summed E-state index contributed by atoms with van der Waals surface area (Å²) in [6.07, 6.45) is 6.76. The summed E-state index contributed by atoms with van der Waals surface area (Å²) in [6.45, 7) is 5.84. The molecule has 0 saturated heterocycles. The molecule has 0 atom stereocenters. The van der Waals surface area contributed by atoms with Crippen LogP contribution in [-0.4, -0.2) is 52.2 Å². The van der Waals surface area contributed by atoms with Gasteiger partial charge in [0.05, 0.1) is 12.1 Å². The average molecular weight is 360 g/mol. The van der Waals surface area contributed by atoms with Crippen molar-refractivity contribution in [2.24, 2.45) is 0 Å². The van der Waals surface area contributed by atoms with Crippen LogP contribution < -0.4 is 16.0 Å². The molecular formula is C17H24N6O3. The maximum Gasteiger partial charge on any atom is 0.315 e. The highest BCUT2D eigenvalue weighted by Crippen LogP contribution is 2.17. The number of hydrogen-bond acceptors (Lipinski definition) is 5.